The van der Waals surface area contributed by atoms with Gasteiger partial charge >= 0.3 is 0 Å². The van der Waals surface area contributed by atoms with Crippen molar-refractivity contribution in [2.45, 2.75) is 33.2 Å². The standard InChI is InChI=1S/C23H26N4.ClH/c1-16-17(2)24-23(25-22(16)26(4)20-11-6-5-7-12-20)27-15-14-19-10-8-9-13-21(19)18(27)3;/h5-13,18H,14-15H2,1-4H3;1H/t18-;/m0./s1. The van der Waals surface area contributed by atoms with E-state index >= 15 is 0 Å². The first-order valence-corrected chi connectivity index (χ1v) is 9.54. The van der Waals surface area contributed by atoms with Crippen molar-refractivity contribution in [3.63, 3.8) is 0 Å². The Hall–Kier alpha value is -2.59. The van der Waals surface area contributed by atoms with Gasteiger partial charge in [0.25, 0.3) is 0 Å². The third kappa shape index (κ3) is 3.57. The second-order valence-corrected chi connectivity index (χ2v) is 7.27. The Labute approximate surface area is 173 Å². The van der Waals surface area contributed by atoms with Gasteiger partial charge in [0.05, 0.1) is 6.04 Å². The van der Waals surface area contributed by atoms with Gasteiger partial charge in [-0.3, -0.25) is 0 Å². The zero-order valence-corrected chi connectivity index (χ0v) is 17.7. The molecule has 0 saturated carbocycles. The summed E-state index contributed by atoms with van der Waals surface area (Å²) in [5.41, 5.74) is 6.09. The van der Waals surface area contributed by atoms with E-state index < -0.39 is 0 Å². The molecule has 1 aliphatic rings. The van der Waals surface area contributed by atoms with Crippen LogP contribution < -0.4 is 9.80 Å². The van der Waals surface area contributed by atoms with Crippen LogP contribution in [0.4, 0.5) is 17.5 Å². The molecular weight excluding hydrogens is 368 g/mol. The summed E-state index contributed by atoms with van der Waals surface area (Å²) in [4.78, 5) is 14.3. The van der Waals surface area contributed by atoms with Crippen molar-refractivity contribution < 1.29 is 0 Å². The molecule has 0 aliphatic carbocycles. The number of benzene rings is 2. The van der Waals surface area contributed by atoms with Crippen molar-refractivity contribution in [3.05, 3.63) is 77.0 Å². The number of fused-ring (bicyclic) bond motifs is 1. The maximum atomic E-state index is 5.00. The minimum atomic E-state index is 0. The highest BCUT2D eigenvalue weighted by Gasteiger charge is 2.26. The van der Waals surface area contributed by atoms with Crippen LogP contribution in [0.2, 0.25) is 0 Å². The number of hydrogen-bond donors (Lipinski definition) is 0. The number of halogens is 1. The average Bonchev–Trinajstić information content (AvgIpc) is 2.71. The lowest BCUT2D eigenvalue weighted by molar-refractivity contribution is 0.607. The molecule has 146 valence electrons. The molecule has 2 heterocycles. The van der Waals surface area contributed by atoms with Gasteiger partial charge in [0.15, 0.2) is 0 Å². The Morgan fingerprint density at radius 1 is 0.964 bits per heavy atom. The number of hydrogen-bond acceptors (Lipinski definition) is 4. The van der Waals surface area contributed by atoms with Crippen molar-refractivity contribution in [1.82, 2.24) is 9.97 Å². The van der Waals surface area contributed by atoms with Crippen molar-refractivity contribution >= 4 is 29.9 Å². The quantitative estimate of drug-likeness (QED) is 0.594. The molecule has 28 heavy (non-hydrogen) atoms. The highest BCUT2D eigenvalue weighted by atomic mass is 35.5. The number of nitrogens with zero attached hydrogens (tertiary/aromatic N) is 4. The fourth-order valence-corrected chi connectivity index (χ4v) is 3.87. The Morgan fingerprint density at radius 2 is 1.64 bits per heavy atom. The predicted octanol–water partition coefficient (Wildman–Crippen LogP) is 5.41. The van der Waals surface area contributed by atoms with Gasteiger partial charge in [-0.2, -0.15) is 4.98 Å². The lowest BCUT2D eigenvalue weighted by Gasteiger charge is -2.36. The minimum Gasteiger partial charge on any atom is -0.334 e. The van der Waals surface area contributed by atoms with Crippen LogP contribution in [0, 0.1) is 13.8 Å². The van der Waals surface area contributed by atoms with E-state index in [1.807, 2.05) is 6.07 Å². The molecule has 0 N–H and O–H groups in total. The summed E-state index contributed by atoms with van der Waals surface area (Å²) in [6.45, 7) is 7.36. The Bertz CT molecular complexity index is 958. The molecule has 1 atom stereocenters. The van der Waals surface area contributed by atoms with Gasteiger partial charge in [-0.05, 0) is 50.5 Å². The summed E-state index contributed by atoms with van der Waals surface area (Å²) >= 11 is 0. The van der Waals surface area contributed by atoms with E-state index in [1.165, 1.54) is 11.1 Å². The number of aromatic nitrogens is 2. The molecular formula is C23H27ClN4. The number of para-hydroxylation sites is 1. The summed E-state index contributed by atoms with van der Waals surface area (Å²) in [6, 6.07) is 19.3. The number of rotatable bonds is 3. The van der Waals surface area contributed by atoms with Gasteiger partial charge in [0.1, 0.15) is 5.82 Å². The van der Waals surface area contributed by atoms with E-state index in [0.29, 0.717) is 0 Å². The van der Waals surface area contributed by atoms with E-state index in [-0.39, 0.29) is 18.4 Å². The van der Waals surface area contributed by atoms with E-state index in [9.17, 15) is 0 Å². The van der Waals surface area contributed by atoms with Crippen molar-refractivity contribution in [1.29, 1.82) is 0 Å². The van der Waals surface area contributed by atoms with Gasteiger partial charge in [0.2, 0.25) is 5.95 Å². The summed E-state index contributed by atoms with van der Waals surface area (Å²) < 4.78 is 0. The molecule has 5 heteroatoms. The van der Waals surface area contributed by atoms with Crippen LogP contribution in [0.3, 0.4) is 0 Å². The molecule has 0 unspecified atom stereocenters. The van der Waals surface area contributed by atoms with Gasteiger partial charge in [-0.1, -0.05) is 42.5 Å². The Kier molecular flexibility index (Phi) is 5.90. The smallest absolute Gasteiger partial charge is 0.228 e. The molecule has 0 spiro atoms. The third-order valence-electron chi connectivity index (χ3n) is 5.66. The van der Waals surface area contributed by atoms with E-state index in [1.54, 1.807) is 0 Å². The molecule has 1 aromatic heterocycles. The van der Waals surface area contributed by atoms with Gasteiger partial charge < -0.3 is 9.80 Å². The van der Waals surface area contributed by atoms with Crippen LogP contribution in [-0.2, 0) is 6.42 Å². The van der Waals surface area contributed by atoms with Gasteiger partial charge in [-0.25, -0.2) is 4.98 Å². The molecule has 4 nitrogen and oxygen atoms in total. The summed E-state index contributed by atoms with van der Waals surface area (Å²) in [5.74, 6) is 1.78. The fourth-order valence-electron chi connectivity index (χ4n) is 3.87. The Morgan fingerprint density at radius 3 is 2.39 bits per heavy atom. The first kappa shape index (κ1) is 20.2. The number of aryl methyl sites for hydroxylation is 1. The SMILES string of the molecule is Cc1nc(N2CCc3ccccc3[C@@H]2C)nc(N(C)c2ccccc2)c1C.Cl. The van der Waals surface area contributed by atoms with Crippen LogP contribution in [0.1, 0.15) is 35.3 Å². The maximum Gasteiger partial charge on any atom is 0.228 e. The average molecular weight is 395 g/mol. The fraction of sp³-hybridized carbons (Fsp3) is 0.304. The summed E-state index contributed by atoms with van der Waals surface area (Å²) in [7, 11) is 2.07. The molecule has 0 saturated heterocycles. The normalized spacial score (nSPS) is 15.6. The van der Waals surface area contributed by atoms with Gasteiger partial charge in [0, 0.05) is 30.5 Å². The second kappa shape index (κ2) is 8.19. The van der Waals surface area contributed by atoms with Crippen molar-refractivity contribution in [3.8, 4) is 0 Å². The highest BCUT2D eigenvalue weighted by molar-refractivity contribution is 5.85. The van der Waals surface area contributed by atoms with Gasteiger partial charge in [-0.15, -0.1) is 12.4 Å². The van der Waals surface area contributed by atoms with Crippen LogP contribution in [0.15, 0.2) is 54.6 Å². The lowest BCUT2D eigenvalue weighted by atomic mass is 9.94. The largest absolute Gasteiger partial charge is 0.334 e. The maximum absolute atomic E-state index is 5.00. The predicted molar refractivity (Wildman–Crippen MR) is 119 cm³/mol. The second-order valence-electron chi connectivity index (χ2n) is 7.27. The van der Waals surface area contributed by atoms with Crippen LogP contribution in [0.5, 0.6) is 0 Å². The lowest BCUT2D eigenvalue weighted by Crippen LogP contribution is -2.35. The Balaban J connectivity index is 0.00000225. The van der Waals surface area contributed by atoms with E-state index in [4.69, 9.17) is 9.97 Å². The van der Waals surface area contributed by atoms with Crippen LogP contribution in [0.25, 0.3) is 0 Å². The topological polar surface area (TPSA) is 32.3 Å². The zero-order chi connectivity index (χ0) is 19.0. The van der Waals surface area contributed by atoms with E-state index in [2.05, 4.69) is 86.1 Å². The molecule has 0 bridgehead atoms. The number of anilines is 3. The molecule has 0 fully saturated rings. The highest BCUT2D eigenvalue weighted by Crippen LogP contribution is 2.34. The summed E-state index contributed by atoms with van der Waals surface area (Å²) in [5, 5.41) is 0. The van der Waals surface area contributed by atoms with Crippen molar-refractivity contribution in [2.24, 2.45) is 0 Å². The molecule has 4 rings (SSSR count). The monoisotopic (exact) mass is 394 g/mol. The van der Waals surface area contributed by atoms with Crippen LogP contribution in [-0.4, -0.2) is 23.6 Å². The zero-order valence-electron chi connectivity index (χ0n) is 16.9. The molecule has 0 radical (unpaired) electrons. The summed E-state index contributed by atoms with van der Waals surface area (Å²) in [6.07, 6.45) is 1.03. The molecule has 1 aliphatic heterocycles. The minimum absolute atomic E-state index is 0. The third-order valence-corrected chi connectivity index (χ3v) is 5.66. The molecule has 2 aromatic carbocycles. The molecule has 0 amide bonds. The van der Waals surface area contributed by atoms with E-state index in [0.717, 1.165) is 41.7 Å². The first-order chi connectivity index (χ1) is 13.1. The first-order valence-electron chi connectivity index (χ1n) is 9.54. The molecule has 3 aromatic rings. The van der Waals surface area contributed by atoms with Crippen molar-refractivity contribution in [2.75, 3.05) is 23.4 Å². The van der Waals surface area contributed by atoms with Crippen LogP contribution >= 0.6 is 12.4 Å².